The molecule has 1 aromatic rings. The standard InChI is InChI=1S/C16H25ClN2O/c1-18(2)15-7-4-9-19(13-15)10-5-11-20-16-8-3-6-14(17)12-16/h3,6,8,12,15H,4-5,7,9-11,13H2,1-2H3. The third-order valence-corrected chi connectivity index (χ3v) is 4.13. The fourth-order valence-electron chi connectivity index (χ4n) is 2.69. The molecule has 0 amide bonds. The second-order valence-corrected chi connectivity index (χ2v) is 6.16. The van der Waals surface area contributed by atoms with Gasteiger partial charge >= 0.3 is 0 Å². The van der Waals surface area contributed by atoms with Gasteiger partial charge in [0.2, 0.25) is 0 Å². The van der Waals surface area contributed by atoms with E-state index in [1.54, 1.807) is 0 Å². The van der Waals surface area contributed by atoms with Crippen LogP contribution in [0, 0.1) is 0 Å². The van der Waals surface area contributed by atoms with Crippen LogP contribution >= 0.6 is 11.6 Å². The van der Waals surface area contributed by atoms with Crippen LogP contribution in [0.2, 0.25) is 5.02 Å². The average molecular weight is 297 g/mol. The number of halogens is 1. The molecule has 0 N–H and O–H groups in total. The number of hydrogen-bond donors (Lipinski definition) is 0. The molecule has 2 rings (SSSR count). The Labute approximate surface area is 127 Å². The Hall–Kier alpha value is -0.770. The molecule has 0 aliphatic carbocycles. The summed E-state index contributed by atoms with van der Waals surface area (Å²) in [5.74, 6) is 0.863. The SMILES string of the molecule is CN(C)C1CCCN(CCCOc2cccc(Cl)c2)C1. The number of likely N-dealkylation sites (N-methyl/N-ethyl adjacent to an activating group) is 1. The number of ether oxygens (including phenoxy) is 1. The Morgan fingerprint density at radius 1 is 1.40 bits per heavy atom. The summed E-state index contributed by atoms with van der Waals surface area (Å²) in [5.41, 5.74) is 0. The van der Waals surface area contributed by atoms with Crippen molar-refractivity contribution in [2.45, 2.75) is 25.3 Å². The van der Waals surface area contributed by atoms with Crippen LogP contribution in [-0.2, 0) is 0 Å². The monoisotopic (exact) mass is 296 g/mol. The van der Waals surface area contributed by atoms with E-state index >= 15 is 0 Å². The van der Waals surface area contributed by atoms with Gasteiger partial charge < -0.3 is 14.5 Å². The largest absolute Gasteiger partial charge is 0.493 e. The van der Waals surface area contributed by atoms with Crippen molar-refractivity contribution in [1.82, 2.24) is 9.80 Å². The first kappa shape index (κ1) is 15.6. The first-order chi connectivity index (χ1) is 9.65. The molecule has 1 saturated heterocycles. The summed E-state index contributed by atoms with van der Waals surface area (Å²) in [6.07, 6.45) is 3.69. The van der Waals surface area contributed by atoms with E-state index in [-0.39, 0.29) is 0 Å². The lowest BCUT2D eigenvalue weighted by atomic mass is 10.0. The van der Waals surface area contributed by atoms with Crippen molar-refractivity contribution in [3.05, 3.63) is 29.3 Å². The number of likely N-dealkylation sites (tertiary alicyclic amines) is 1. The molecule has 4 heteroatoms. The fourth-order valence-corrected chi connectivity index (χ4v) is 2.87. The van der Waals surface area contributed by atoms with Crippen molar-refractivity contribution in [2.24, 2.45) is 0 Å². The first-order valence-corrected chi connectivity index (χ1v) is 7.80. The first-order valence-electron chi connectivity index (χ1n) is 7.42. The molecule has 1 heterocycles. The summed E-state index contributed by atoms with van der Waals surface area (Å²) < 4.78 is 5.73. The number of benzene rings is 1. The maximum absolute atomic E-state index is 5.93. The molecule has 0 aromatic heterocycles. The quantitative estimate of drug-likeness (QED) is 0.750. The van der Waals surface area contributed by atoms with Gasteiger partial charge in [0.15, 0.2) is 0 Å². The van der Waals surface area contributed by atoms with Crippen LogP contribution in [0.5, 0.6) is 5.75 Å². The number of piperidine rings is 1. The Morgan fingerprint density at radius 2 is 2.25 bits per heavy atom. The second-order valence-electron chi connectivity index (χ2n) is 5.72. The third-order valence-electron chi connectivity index (χ3n) is 3.89. The molecule has 1 aliphatic heterocycles. The molecule has 0 spiro atoms. The Kier molecular flexibility index (Phi) is 6.14. The Morgan fingerprint density at radius 3 is 3.00 bits per heavy atom. The lowest BCUT2D eigenvalue weighted by molar-refractivity contribution is 0.127. The van der Waals surface area contributed by atoms with Crippen LogP contribution in [0.1, 0.15) is 19.3 Å². The zero-order valence-corrected chi connectivity index (χ0v) is 13.3. The summed E-state index contributed by atoms with van der Waals surface area (Å²) in [6.45, 7) is 4.28. The summed E-state index contributed by atoms with van der Waals surface area (Å²) in [4.78, 5) is 4.89. The van der Waals surface area contributed by atoms with Crippen molar-refractivity contribution >= 4 is 11.6 Å². The van der Waals surface area contributed by atoms with Gasteiger partial charge in [-0.25, -0.2) is 0 Å². The molecular formula is C16H25ClN2O. The van der Waals surface area contributed by atoms with Crippen molar-refractivity contribution in [1.29, 1.82) is 0 Å². The molecule has 3 nitrogen and oxygen atoms in total. The fraction of sp³-hybridized carbons (Fsp3) is 0.625. The van der Waals surface area contributed by atoms with E-state index in [0.717, 1.165) is 30.3 Å². The van der Waals surface area contributed by atoms with Gasteiger partial charge in [0.05, 0.1) is 6.61 Å². The summed E-state index contributed by atoms with van der Waals surface area (Å²) in [6, 6.07) is 8.31. The molecule has 20 heavy (non-hydrogen) atoms. The summed E-state index contributed by atoms with van der Waals surface area (Å²) >= 11 is 5.93. The van der Waals surface area contributed by atoms with Crippen molar-refractivity contribution in [3.63, 3.8) is 0 Å². The number of rotatable bonds is 6. The van der Waals surface area contributed by atoms with Gasteiger partial charge in [-0.2, -0.15) is 0 Å². The minimum absolute atomic E-state index is 0.706. The van der Waals surface area contributed by atoms with Crippen molar-refractivity contribution in [2.75, 3.05) is 40.3 Å². The van der Waals surface area contributed by atoms with Crippen LogP contribution < -0.4 is 4.74 Å². The maximum Gasteiger partial charge on any atom is 0.120 e. The molecule has 112 valence electrons. The van der Waals surface area contributed by atoms with Crippen LogP contribution in [0.3, 0.4) is 0 Å². The van der Waals surface area contributed by atoms with Gasteiger partial charge in [0, 0.05) is 24.2 Å². The maximum atomic E-state index is 5.93. The van der Waals surface area contributed by atoms with E-state index in [4.69, 9.17) is 16.3 Å². The van der Waals surface area contributed by atoms with Crippen LogP contribution in [0.15, 0.2) is 24.3 Å². The van der Waals surface area contributed by atoms with E-state index < -0.39 is 0 Å². The zero-order chi connectivity index (χ0) is 14.4. The highest BCUT2D eigenvalue weighted by Gasteiger charge is 2.20. The van der Waals surface area contributed by atoms with Gasteiger partial charge in [-0.05, 0) is 58.1 Å². The zero-order valence-electron chi connectivity index (χ0n) is 12.5. The molecule has 1 unspecified atom stereocenters. The van der Waals surface area contributed by atoms with Crippen LogP contribution in [0.4, 0.5) is 0 Å². The van der Waals surface area contributed by atoms with E-state index in [2.05, 4.69) is 23.9 Å². The van der Waals surface area contributed by atoms with Gasteiger partial charge in [0.1, 0.15) is 5.75 Å². The summed E-state index contributed by atoms with van der Waals surface area (Å²) in [5, 5.41) is 0.729. The number of nitrogens with zero attached hydrogens (tertiary/aromatic N) is 2. The predicted octanol–water partition coefficient (Wildman–Crippen LogP) is 3.13. The smallest absolute Gasteiger partial charge is 0.120 e. The van der Waals surface area contributed by atoms with Gasteiger partial charge in [-0.1, -0.05) is 17.7 Å². The highest BCUT2D eigenvalue weighted by atomic mass is 35.5. The predicted molar refractivity (Wildman–Crippen MR) is 84.7 cm³/mol. The average Bonchev–Trinajstić information content (AvgIpc) is 2.44. The molecule has 0 bridgehead atoms. The molecule has 1 aromatic carbocycles. The van der Waals surface area contributed by atoms with Gasteiger partial charge in [-0.15, -0.1) is 0 Å². The summed E-state index contributed by atoms with van der Waals surface area (Å²) in [7, 11) is 4.35. The molecule has 0 saturated carbocycles. The molecule has 0 radical (unpaired) electrons. The lowest BCUT2D eigenvalue weighted by Crippen LogP contribution is -2.45. The van der Waals surface area contributed by atoms with Crippen LogP contribution in [-0.4, -0.2) is 56.2 Å². The molecular weight excluding hydrogens is 272 g/mol. The number of hydrogen-bond acceptors (Lipinski definition) is 3. The minimum atomic E-state index is 0.706. The molecule has 1 fully saturated rings. The van der Waals surface area contributed by atoms with Crippen LogP contribution in [0.25, 0.3) is 0 Å². The Bertz CT molecular complexity index is 411. The highest BCUT2D eigenvalue weighted by Crippen LogP contribution is 2.17. The third kappa shape index (κ3) is 4.97. The van der Waals surface area contributed by atoms with Gasteiger partial charge in [-0.3, -0.25) is 0 Å². The molecule has 1 atom stereocenters. The molecule has 1 aliphatic rings. The van der Waals surface area contributed by atoms with E-state index in [9.17, 15) is 0 Å². The van der Waals surface area contributed by atoms with E-state index in [1.165, 1.54) is 25.9 Å². The van der Waals surface area contributed by atoms with E-state index in [0.29, 0.717) is 6.04 Å². The lowest BCUT2D eigenvalue weighted by Gasteiger charge is -2.36. The Balaban J connectivity index is 1.66. The second kappa shape index (κ2) is 7.87. The minimum Gasteiger partial charge on any atom is -0.493 e. The van der Waals surface area contributed by atoms with E-state index in [1.807, 2.05) is 24.3 Å². The van der Waals surface area contributed by atoms with Gasteiger partial charge in [0.25, 0.3) is 0 Å². The van der Waals surface area contributed by atoms with Crippen molar-refractivity contribution in [3.8, 4) is 5.75 Å². The highest BCUT2D eigenvalue weighted by molar-refractivity contribution is 6.30. The normalized spacial score (nSPS) is 20.3. The van der Waals surface area contributed by atoms with Crippen molar-refractivity contribution < 1.29 is 4.74 Å². The topological polar surface area (TPSA) is 15.7 Å².